The fourth-order valence-corrected chi connectivity index (χ4v) is 1.93. The van der Waals surface area contributed by atoms with Gasteiger partial charge in [-0.2, -0.15) is 0 Å². The summed E-state index contributed by atoms with van der Waals surface area (Å²) in [6.45, 7) is -0.304. The van der Waals surface area contributed by atoms with Gasteiger partial charge in [0, 0.05) is 10.5 Å². The van der Waals surface area contributed by atoms with Crippen LogP contribution in [0.1, 0.15) is 5.56 Å². The molecule has 0 radical (unpaired) electrons. The number of hydrogen-bond donors (Lipinski definition) is 0. The smallest absolute Gasteiger partial charge is 0.276 e. The first-order valence-corrected chi connectivity index (χ1v) is 6.27. The number of ether oxygens (including phenoxy) is 1. The largest absolute Gasteiger partial charge is 0.486 e. The van der Waals surface area contributed by atoms with E-state index < -0.39 is 16.6 Å². The Kier molecular flexibility index (Phi) is 4.29. The second-order valence-electron chi connectivity index (χ2n) is 3.89. The van der Waals surface area contributed by atoms with Crippen LogP contribution in [-0.2, 0) is 6.61 Å². The van der Waals surface area contributed by atoms with Crippen LogP contribution < -0.4 is 4.74 Å². The molecule has 2 aromatic rings. The van der Waals surface area contributed by atoms with Crippen molar-refractivity contribution in [1.82, 2.24) is 0 Å². The molecule has 7 heteroatoms. The standard InChI is InChI=1S/C13H8BrF2NO3/c14-9-1-3-11(16)13(6-9)20-7-8-5-10(15)2-4-12(8)17(18)19/h1-6H,7H2. The average molecular weight is 344 g/mol. The second-order valence-corrected chi connectivity index (χ2v) is 4.81. The first-order chi connectivity index (χ1) is 9.47. The highest BCUT2D eigenvalue weighted by molar-refractivity contribution is 9.10. The predicted molar refractivity (Wildman–Crippen MR) is 71.5 cm³/mol. The molecule has 0 spiro atoms. The lowest BCUT2D eigenvalue weighted by Gasteiger charge is -2.08. The first kappa shape index (κ1) is 14.4. The lowest BCUT2D eigenvalue weighted by atomic mass is 10.2. The molecule has 0 unspecified atom stereocenters. The molecule has 0 aromatic heterocycles. The van der Waals surface area contributed by atoms with Gasteiger partial charge < -0.3 is 4.74 Å². The van der Waals surface area contributed by atoms with Crippen molar-refractivity contribution in [2.24, 2.45) is 0 Å². The molecule has 0 saturated heterocycles. The van der Waals surface area contributed by atoms with Gasteiger partial charge in [-0.3, -0.25) is 10.1 Å². The van der Waals surface area contributed by atoms with Crippen LogP contribution in [0.25, 0.3) is 0 Å². The van der Waals surface area contributed by atoms with Gasteiger partial charge in [-0.25, -0.2) is 8.78 Å². The number of halogens is 3. The van der Waals surface area contributed by atoms with Crippen LogP contribution in [0, 0.1) is 21.7 Å². The van der Waals surface area contributed by atoms with Crippen molar-refractivity contribution in [2.75, 3.05) is 0 Å². The Labute approximate surface area is 121 Å². The van der Waals surface area contributed by atoms with Crippen molar-refractivity contribution >= 4 is 21.6 Å². The van der Waals surface area contributed by atoms with E-state index in [1.165, 1.54) is 18.2 Å². The first-order valence-electron chi connectivity index (χ1n) is 5.48. The highest BCUT2D eigenvalue weighted by Gasteiger charge is 2.15. The molecule has 0 aliphatic carbocycles. The molecule has 104 valence electrons. The summed E-state index contributed by atoms with van der Waals surface area (Å²) in [4.78, 5) is 10.2. The third-order valence-electron chi connectivity index (χ3n) is 2.51. The molecule has 0 amide bonds. The van der Waals surface area contributed by atoms with Crippen LogP contribution in [0.3, 0.4) is 0 Å². The molecule has 20 heavy (non-hydrogen) atoms. The zero-order chi connectivity index (χ0) is 14.7. The minimum atomic E-state index is -0.643. The molecule has 4 nitrogen and oxygen atoms in total. The molecule has 0 bridgehead atoms. The highest BCUT2D eigenvalue weighted by atomic mass is 79.9. The Balaban J connectivity index is 2.24. The number of hydrogen-bond acceptors (Lipinski definition) is 3. The van der Waals surface area contributed by atoms with Gasteiger partial charge in [0.2, 0.25) is 0 Å². The maximum atomic E-state index is 13.5. The third-order valence-corrected chi connectivity index (χ3v) is 3.01. The van der Waals surface area contributed by atoms with E-state index in [4.69, 9.17) is 4.74 Å². The summed E-state index contributed by atoms with van der Waals surface area (Å²) in [5.74, 6) is -1.30. The minimum absolute atomic E-state index is 0.0365. The summed E-state index contributed by atoms with van der Waals surface area (Å²) >= 11 is 3.16. The van der Waals surface area contributed by atoms with Crippen LogP contribution >= 0.6 is 15.9 Å². The minimum Gasteiger partial charge on any atom is -0.486 e. The number of nitro groups is 1. The number of nitro benzene ring substituents is 1. The topological polar surface area (TPSA) is 52.4 Å². The van der Waals surface area contributed by atoms with Crippen LogP contribution in [0.2, 0.25) is 0 Å². The van der Waals surface area contributed by atoms with Gasteiger partial charge in [0.1, 0.15) is 12.4 Å². The van der Waals surface area contributed by atoms with E-state index in [0.717, 1.165) is 18.2 Å². The Morgan fingerprint density at radius 3 is 2.65 bits per heavy atom. The third kappa shape index (κ3) is 3.30. The lowest BCUT2D eigenvalue weighted by molar-refractivity contribution is -0.385. The zero-order valence-corrected chi connectivity index (χ0v) is 11.6. The van der Waals surface area contributed by atoms with Crippen molar-refractivity contribution in [2.45, 2.75) is 6.61 Å². The summed E-state index contributed by atoms with van der Waals surface area (Å²) in [7, 11) is 0. The molecule has 0 aliphatic rings. The van der Waals surface area contributed by atoms with Crippen molar-refractivity contribution in [3.8, 4) is 5.75 Å². The van der Waals surface area contributed by atoms with E-state index in [1.807, 2.05) is 0 Å². The van der Waals surface area contributed by atoms with Crippen molar-refractivity contribution < 1.29 is 18.4 Å². The number of nitrogens with zero attached hydrogens (tertiary/aromatic N) is 1. The number of benzene rings is 2. The maximum Gasteiger partial charge on any atom is 0.276 e. The van der Waals surface area contributed by atoms with Crippen molar-refractivity contribution in [3.05, 3.63) is 68.2 Å². The van der Waals surface area contributed by atoms with Crippen LogP contribution in [0.15, 0.2) is 40.9 Å². The molecule has 2 rings (SSSR count). The van der Waals surface area contributed by atoms with Gasteiger partial charge in [-0.05, 0) is 30.3 Å². The van der Waals surface area contributed by atoms with Gasteiger partial charge in [0.25, 0.3) is 5.69 Å². The van der Waals surface area contributed by atoms with E-state index in [-0.39, 0.29) is 23.6 Å². The van der Waals surface area contributed by atoms with Crippen molar-refractivity contribution in [1.29, 1.82) is 0 Å². The van der Waals surface area contributed by atoms with Gasteiger partial charge in [-0.15, -0.1) is 0 Å². The van der Waals surface area contributed by atoms with Crippen LogP contribution in [0.5, 0.6) is 5.75 Å². The summed E-state index contributed by atoms with van der Waals surface area (Å²) in [5.41, 5.74) is -0.240. The molecular formula is C13H8BrF2NO3. The molecule has 0 atom stereocenters. The zero-order valence-electron chi connectivity index (χ0n) is 9.98. The molecule has 0 heterocycles. The number of rotatable bonds is 4. The van der Waals surface area contributed by atoms with E-state index in [1.54, 1.807) is 0 Å². The van der Waals surface area contributed by atoms with E-state index >= 15 is 0 Å². The SMILES string of the molecule is O=[N+]([O-])c1ccc(F)cc1COc1cc(Br)ccc1F. The van der Waals surface area contributed by atoms with Gasteiger partial charge >= 0.3 is 0 Å². The van der Waals surface area contributed by atoms with Crippen LogP contribution in [-0.4, -0.2) is 4.92 Å². The quantitative estimate of drug-likeness (QED) is 0.617. The molecule has 0 saturated carbocycles. The van der Waals surface area contributed by atoms with Gasteiger partial charge in [-0.1, -0.05) is 15.9 Å². The molecular weight excluding hydrogens is 336 g/mol. The summed E-state index contributed by atoms with van der Waals surface area (Å²) < 4.78 is 32.4. The summed E-state index contributed by atoms with van der Waals surface area (Å²) in [6.07, 6.45) is 0. The van der Waals surface area contributed by atoms with Gasteiger partial charge in [0.05, 0.1) is 10.5 Å². The van der Waals surface area contributed by atoms with Crippen LogP contribution in [0.4, 0.5) is 14.5 Å². The second kappa shape index (κ2) is 5.96. The van der Waals surface area contributed by atoms with E-state index in [9.17, 15) is 18.9 Å². The van der Waals surface area contributed by atoms with Gasteiger partial charge in [0.15, 0.2) is 11.6 Å². The average Bonchev–Trinajstić information content (AvgIpc) is 2.39. The van der Waals surface area contributed by atoms with E-state index in [2.05, 4.69) is 15.9 Å². The monoisotopic (exact) mass is 343 g/mol. The fourth-order valence-electron chi connectivity index (χ4n) is 1.59. The Morgan fingerprint density at radius 1 is 1.20 bits per heavy atom. The Morgan fingerprint density at radius 2 is 1.95 bits per heavy atom. The predicted octanol–water partition coefficient (Wildman–Crippen LogP) is 4.21. The Hall–Kier alpha value is -2.02. The molecule has 0 N–H and O–H groups in total. The van der Waals surface area contributed by atoms with E-state index in [0.29, 0.717) is 4.47 Å². The van der Waals surface area contributed by atoms with Crippen molar-refractivity contribution in [3.63, 3.8) is 0 Å². The summed E-state index contributed by atoms with van der Waals surface area (Å²) in [5, 5.41) is 10.8. The molecule has 2 aromatic carbocycles. The lowest BCUT2D eigenvalue weighted by Crippen LogP contribution is -2.02. The fraction of sp³-hybridized carbons (Fsp3) is 0.0769. The molecule has 0 aliphatic heterocycles. The Bertz CT molecular complexity index is 664. The highest BCUT2D eigenvalue weighted by Crippen LogP contribution is 2.25. The summed E-state index contributed by atoms with van der Waals surface area (Å²) in [6, 6.07) is 7.10. The molecule has 0 fully saturated rings. The normalized spacial score (nSPS) is 10.3. The maximum absolute atomic E-state index is 13.5.